The number of rotatable bonds is 2. The first-order valence-electron chi connectivity index (χ1n) is 4.05. The molecule has 0 heterocycles. The zero-order valence-electron chi connectivity index (χ0n) is 7.65. The molecule has 0 fully saturated rings. The molecule has 0 saturated carbocycles. The highest BCUT2D eigenvalue weighted by Crippen LogP contribution is 2.16. The zero-order valence-corrected chi connectivity index (χ0v) is 7.65. The summed E-state index contributed by atoms with van der Waals surface area (Å²) in [4.78, 5) is 10.2. The van der Waals surface area contributed by atoms with Crippen molar-refractivity contribution in [2.24, 2.45) is 0 Å². The van der Waals surface area contributed by atoms with E-state index in [-0.39, 0.29) is 0 Å². The third kappa shape index (κ3) is 2.78. The van der Waals surface area contributed by atoms with Gasteiger partial charge < -0.3 is 9.84 Å². The number of carboxylic acid groups (broad SMARTS) is 1. The Hall–Kier alpha value is -1.51. The van der Waals surface area contributed by atoms with Crippen LogP contribution in [0, 0.1) is 6.92 Å². The molecule has 0 aliphatic rings. The van der Waals surface area contributed by atoms with E-state index in [1.54, 1.807) is 6.92 Å². The first-order chi connectivity index (χ1) is 6.09. The largest absolute Gasteiger partial charge is 0.506 e. The smallest absolute Gasteiger partial charge is 0.450 e. The number of ether oxygens (including phenoxy) is 1. The van der Waals surface area contributed by atoms with Crippen LogP contribution in [0.1, 0.15) is 24.2 Å². The van der Waals surface area contributed by atoms with Gasteiger partial charge in [-0.2, -0.15) is 0 Å². The van der Waals surface area contributed by atoms with E-state index in [1.807, 2.05) is 31.2 Å². The van der Waals surface area contributed by atoms with E-state index in [4.69, 9.17) is 5.11 Å². The molecule has 1 aromatic carbocycles. The summed E-state index contributed by atoms with van der Waals surface area (Å²) in [5, 5.41) is 8.38. The van der Waals surface area contributed by atoms with Gasteiger partial charge in [0.2, 0.25) is 0 Å². The number of hydrogen-bond acceptors (Lipinski definition) is 2. The Labute approximate surface area is 77.0 Å². The van der Waals surface area contributed by atoms with E-state index < -0.39 is 12.3 Å². The fourth-order valence-corrected chi connectivity index (χ4v) is 1.06. The number of hydrogen-bond donors (Lipinski definition) is 1. The van der Waals surface area contributed by atoms with Crippen molar-refractivity contribution in [1.29, 1.82) is 0 Å². The molecule has 0 aliphatic carbocycles. The van der Waals surface area contributed by atoms with Gasteiger partial charge in [0.15, 0.2) is 0 Å². The highest BCUT2D eigenvalue weighted by atomic mass is 16.7. The standard InChI is InChI=1S/C10H12O3/c1-7-3-5-9(6-4-7)8(2)13-10(11)12/h3-6,8H,1-2H3,(H,11,12). The highest BCUT2D eigenvalue weighted by molar-refractivity contribution is 5.57. The molecule has 0 spiro atoms. The van der Waals surface area contributed by atoms with Crippen LogP contribution in [-0.2, 0) is 4.74 Å². The quantitative estimate of drug-likeness (QED) is 0.712. The normalized spacial score (nSPS) is 12.2. The predicted molar refractivity (Wildman–Crippen MR) is 48.7 cm³/mol. The topological polar surface area (TPSA) is 46.5 Å². The van der Waals surface area contributed by atoms with E-state index in [9.17, 15) is 4.79 Å². The van der Waals surface area contributed by atoms with E-state index >= 15 is 0 Å². The van der Waals surface area contributed by atoms with E-state index in [0.717, 1.165) is 11.1 Å². The number of carbonyl (C=O) groups is 1. The first kappa shape index (κ1) is 9.58. The van der Waals surface area contributed by atoms with Gasteiger partial charge in [0.25, 0.3) is 0 Å². The Balaban J connectivity index is 2.71. The molecule has 0 aromatic heterocycles. The fourth-order valence-electron chi connectivity index (χ4n) is 1.06. The maximum Gasteiger partial charge on any atom is 0.506 e. The number of aryl methyl sites for hydroxylation is 1. The number of benzene rings is 1. The van der Waals surface area contributed by atoms with Gasteiger partial charge in [0.1, 0.15) is 6.10 Å². The van der Waals surface area contributed by atoms with Crippen molar-refractivity contribution < 1.29 is 14.6 Å². The molecular formula is C10H12O3. The molecule has 1 N–H and O–H groups in total. The van der Waals surface area contributed by atoms with Crippen LogP contribution in [0.15, 0.2) is 24.3 Å². The van der Waals surface area contributed by atoms with Gasteiger partial charge in [-0.1, -0.05) is 29.8 Å². The molecule has 1 unspecified atom stereocenters. The molecule has 0 amide bonds. The van der Waals surface area contributed by atoms with Crippen LogP contribution in [0.2, 0.25) is 0 Å². The lowest BCUT2D eigenvalue weighted by molar-refractivity contribution is 0.0587. The average molecular weight is 180 g/mol. The van der Waals surface area contributed by atoms with Gasteiger partial charge in [-0.05, 0) is 19.4 Å². The Morgan fingerprint density at radius 1 is 1.38 bits per heavy atom. The van der Waals surface area contributed by atoms with Crippen molar-refractivity contribution in [3.05, 3.63) is 35.4 Å². The molecule has 0 saturated heterocycles. The molecule has 0 bridgehead atoms. The van der Waals surface area contributed by atoms with Gasteiger partial charge in [0.05, 0.1) is 0 Å². The summed E-state index contributed by atoms with van der Waals surface area (Å²) in [7, 11) is 0. The molecule has 70 valence electrons. The zero-order chi connectivity index (χ0) is 9.84. The molecule has 13 heavy (non-hydrogen) atoms. The lowest BCUT2D eigenvalue weighted by atomic mass is 10.1. The maximum absolute atomic E-state index is 10.2. The lowest BCUT2D eigenvalue weighted by Crippen LogP contribution is -2.05. The van der Waals surface area contributed by atoms with Crippen molar-refractivity contribution in [2.45, 2.75) is 20.0 Å². The van der Waals surface area contributed by atoms with Crippen LogP contribution in [0.3, 0.4) is 0 Å². The molecule has 3 nitrogen and oxygen atoms in total. The Kier molecular flexibility index (Phi) is 2.90. The molecule has 1 atom stereocenters. The molecule has 0 aliphatic heterocycles. The first-order valence-corrected chi connectivity index (χ1v) is 4.05. The summed E-state index contributed by atoms with van der Waals surface area (Å²) in [5.41, 5.74) is 2.01. The Morgan fingerprint density at radius 2 is 1.92 bits per heavy atom. The Bertz CT molecular complexity index is 290. The second kappa shape index (κ2) is 3.94. The van der Waals surface area contributed by atoms with Crippen LogP contribution in [0.4, 0.5) is 4.79 Å². The molecule has 1 aromatic rings. The van der Waals surface area contributed by atoms with Crippen molar-refractivity contribution in [1.82, 2.24) is 0 Å². The molecule has 3 heteroatoms. The van der Waals surface area contributed by atoms with Crippen LogP contribution in [0.5, 0.6) is 0 Å². The molecule has 0 radical (unpaired) electrons. The average Bonchev–Trinajstić information content (AvgIpc) is 2.04. The molecule has 1 rings (SSSR count). The van der Waals surface area contributed by atoms with Crippen LogP contribution < -0.4 is 0 Å². The maximum atomic E-state index is 10.2. The summed E-state index contributed by atoms with van der Waals surface area (Å²) in [6.45, 7) is 3.69. The molecular weight excluding hydrogens is 168 g/mol. The SMILES string of the molecule is Cc1ccc(C(C)OC(=O)O)cc1. The minimum Gasteiger partial charge on any atom is -0.450 e. The van der Waals surface area contributed by atoms with Crippen LogP contribution in [0.25, 0.3) is 0 Å². The van der Waals surface area contributed by atoms with E-state index in [1.165, 1.54) is 0 Å². The monoisotopic (exact) mass is 180 g/mol. The predicted octanol–water partition coefficient (Wildman–Crippen LogP) is 2.75. The summed E-state index contributed by atoms with van der Waals surface area (Å²) < 4.78 is 4.59. The minimum absolute atomic E-state index is 0.405. The van der Waals surface area contributed by atoms with Crippen LogP contribution >= 0.6 is 0 Å². The lowest BCUT2D eigenvalue weighted by Gasteiger charge is -2.10. The van der Waals surface area contributed by atoms with Gasteiger partial charge in [-0.3, -0.25) is 0 Å². The van der Waals surface area contributed by atoms with E-state index in [0.29, 0.717) is 0 Å². The summed E-state index contributed by atoms with van der Waals surface area (Å²) in [6, 6.07) is 7.58. The van der Waals surface area contributed by atoms with Crippen molar-refractivity contribution >= 4 is 6.16 Å². The van der Waals surface area contributed by atoms with Crippen molar-refractivity contribution in [3.8, 4) is 0 Å². The third-order valence-corrected chi connectivity index (χ3v) is 1.82. The van der Waals surface area contributed by atoms with Gasteiger partial charge in [0, 0.05) is 0 Å². The van der Waals surface area contributed by atoms with Gasteiger partial charge in [-0.15, -0.1) is 0 Å². The van der Waals surface area contributed by atoms with E-state index in [2.05, 4.69) is 4.74 Å². The highest BCUT2D eigenvalue weighted by Gasteiger charge is 2.08. The van der Waals surface area contributed by atoms with Crippen molar-refractivity contribution in [3.63, 3.8) is 0 Å². The van der Waals surface area contributed by atoms with Crippen LogP contribution in [-0.4, -0.2) is 11.3 Å². The van der Waals surface area contributed by atoms with Crippen molar-refractivity contribution in [2.75, 3.05) is 0 Å². The van der Waals surface area contributed by atoms with Gasteiger partial charge in [-0.25, -0.2) is 4.79 Å². The fraction of sp³-hybridized carbons (Fsp3) is 0.300. The summed E-state index contributed by atoms with van der Waals surface area (Å²) >= 11 is 0. The summed E-state index contributed by atoms with van der Waals surface area (Å²) in [6.07, 6.45) is -1.65. The second-order valence-corrected chi connectivity index (χ2v) is 2.94. The summed E-state index contributed by atoms with van der Waals surface area (Å²) in [5.74, 6) is 0. The minimum atomic E-state index is -1.24. The Morgan fingerprint density at radius 3 is 2.38 bits per heavy atom. The second-order valence-electron chi connectivity index (χ2n) is 2.94. The third-order valence-electron chi connectivity index (χ3n) is 1.82. The van der Waals surface area contributed by atoms with Gasteiger partial charge >= 0.3 is 6.16 Å².